The number of benzene rings is 3. The van der Waals surface area contributed by atoms with Crippen molar-refractivity contribution in [3.05, 3.63) is 84.4 Å². The zero-order valence-corrected chi connectivity index (χ0v) is 31.0. The minimum atomic E-state index is -4.01. The monoisotopic (exact) mass is 764 g/mol. The Morgan fingerprint density at radius 2 is 1.19 bits per heavy atom. The fourth-order valence-corrected chi connectivity index (χ4v) is 6.83. The fraction of sp³-hybridized carbons (Fsp3) is 0.429. The average Bonchev–Trinajstić information content (AvgIpc) is 3.15. The number of hydrogen-bond donors (Lipinski definition) is 4. The summed E-state index contributed by atoms with van der Waals surface area (Å²) in [5.41, 5.74) is 2.28. The number of hydrogen-bond acceptors (Lipinski definition) is 12. The van der Waals surface area contributed by atoms with E-state index in [-0.39, 0.29) is 29.5 Å². The molecule has 17 heteroatoms. The van der Waals surface area contributed by atoms with E-state index in [0.717, 1.165) is 5.56 Å². The van der Waals surface area contributed by atoms with Crippen molar-refractivity contribution in [3.63, 3.8) is 0 Å². The van der Waals surface area contributed by atoms with Crippen LogP contribution in [0.15, 0.2) is 88.7 Å². The minimum Gasteiger partial charge on any atom is -0.468 e. The van der Waals surface area contributed by atoms with Crippen molar-refractivity contribution in [3.8, 4) is 11.1 Å². The van der Waals surface area contributed by atoms with Gasteiger partial charge in [0.05, 0.1) is 43.3 Å². The first-order valence-corrected chi connectivity index (χ1v) is 19.6. The molecule has 0 spiro atoms. The van der Waals surface area contributed by atoms with Gasteiger partial charge in [0.15, 0.2) is 0 Å². The summed E-state index contributed by atoms with van der Waals surface area (Å²) in [7, 11) is -4.99. The predicted octanol–water partition coefficient (Wildman–Crippen LogP) is 2.43. The Labute approximate surface area is 305 Å². The van der Waals surface area contributed by atoms with E-state index in [9.17, 15) is 26.4 Å². The van der Waals surface area contributed by atoms with E-state index in [1.165, 1.54) is 31.4 Å². The molecule has 15 nitrogen and oxygen atoms in total. The van der Waals surface area contributed by atoms with E-state index < -0.39 is 38.2 Å². The Hall–Kier alpha value is -3.94. The Balaban J connectivity index is 1.23. The molecule has 0 bridgehead atoms. The van der Waals surface area contributed by atoms with Gasteiger partial charge in [0.1, 0.15) is 12.6 Å². The number of alkyl carbamates (subject to hydrolysis) is 1. The van der Waals surface area contributed by atoms with Gasteiger partial charge in [-0.1, -0.05) is 54.6 Å². The summed E-state index contributed by atoms with van der Waals surface area (Å²) in [6, 6.07) is 20.6. The number of carbonyl (C=O) groups excluding carboxylic acids is 2. The van der Waals surface area contributed by atoms with Crippen molar-refractivity contribution in [2.75, 3.05) is 73.4 Å². The van der Waals surface area contributed by atoms with Crippen LogP contribution >= 0.6 is 0 Å². The molecule has 1 atom stereocenters. The van der Waals surface area contributed by atoms with Crippen LogP contribution in [0, 0.1) is 0 Å². The molecule has 0 aromatic heterocycles. The second kappa shape index (κ2) is 22.9. The van der Waals surface area contributed by atoms with Gasteiger partial charge in [-0.15, -0.1) is 0 Å². The van der Waals surface area contributed by atoms with Crippen LogP contribution in [0.25, 0.3) is 11.1 Å². The van der Waals surface area contributed by atoms with Crippen LogP contribution in [-0.4, -0.2) is 108 Å². The molecular weight excluding hydrogens is 717 g/mol. The van der Waals surface area contributed by atoms with Crippen molar-refractivity contribution in [2.45, 2.75) is 35.3 Å². The summed E-state index contributed by atoms with van der Waals surface area (Å²) in [6.45, 7) is 3.26. The van der Waals surface area contributed by atoms with E-state index in [0.29, 0.717) is 70.2 Å². The molecule has 0 aliphatic rings. The Morgan fingerprint density at radius 3 is 1.73 bits per heavy atom. The average molecular weight is 765 g/mol. The zero-order valence-electron chi connectivity index (χ0n) is 29.4. The second-order valence-electron chi connectivity index (χ2n) is 11.2. The van der Waals surface area contributed by atoms with Crippen LogP contribution in [0.3, 0.4) is 0 Å². The van der Waals surface area contributed by atoms with Crippen LogP contribution < -0.4 is 20.1 Å². The summed E-state index contributed by atoms with van der Waals surface area (Å²) in [5, 5.41) is 5.42. The summed E-state index contributed by atoms with van der Waals surface area (Å²) in [5.74, 6) is -0.716. The summed E-state index contributed by atoms with van der Waals surface area (Å²) >= 11 is 0. The van der Waals surface area contributed by atoms with Gasteiger partial charge in [0.25, 0.3) is 0 Å². The van der Waals surface area contributed by atoms with Crippen LogP contribution in [0.5, 0.6) is 0 Å². The maximum absolute atomic E-state index is 12.8. The number of amides is 1. The second-order valence-corrected chi connectivity index (χ2v) is 14.7. The molecule has 0 radical (unpaired) electrons. The number of carbonyl (C=O) groups is 2. The highest BCUT2D eigenvalue weighted by Crippen LogP contribution is 2.23. The first kappa shape index (κ1) is 42.5. The quantitative estimate of drug-likeness (QED) is 0.0728. The number of esters is 1. The molecule has 286 valence electrons. The molecule has 3 rings (SSSR count). The van der Waals surface area contributed by atoms with Gasteiger partial charge in [0, 0.05) is 32.8 Å². The SMILES string of the molecule is CNCC(NS(=O)(=O)c1ccc(-c2ccc(S(=O)(=O)NCCCOCCOCCOCCCNC(=O)OCc3ccccc3)cc2)cc1)C(=O)OC. The van der Waals surface area contributed by atoms with Crippen molar-refractivity contribution in [1.29, 1.82) is 0 Å². The van der Waals surface area contributed by atoms with Gasteiger partial charge in [0.2, 0.25) is 20.0 Å². The molecular formula is C35H48N4O11S2. The standard InChI is InChI=1S/C35H48N4O11S2/c1-36-26-33(34(40)46-2)39-52(44,45)32-16-12-30(13-17-32)29-10-14-31(15-11-29)51(42,43)38-19-7-21-48-23-25-49-24-22-47-20-6-18-37-35(41)50-27-28-8-4-3-5-9-28/h3-5,8-17,33,36,38-39H,6-7,18-27H2,1-2H3,(H,37,41). The summed E-state index contributed by atoms with van der Waals surface area (Å²) in [6.07, 6.45) is 0.638. The molecule has 0 fully saturated rings. The summed E-state index contributed by atoms with van der Waals surface area (Å²) < 4.78 is 82.2. The van der Waals surface area contributed by atoms with Gasteiger partial charge in [-0.25, -0.2) is 26.4 Å². The normalized spacial score (nSPS) is 12.3. The molecule has 0 saturated heterocycles. The summed E-state index contributed by atoms with van der Waals surface area (Å²) in [4.78, 5) is 23.7. The molecule has 1 amide bonds. The molecule has 1 unspecified atom stereocenters. The smallest absolute Gasteiger partial charge is 0.407 e. The van der Waals surface area contributed by atoms with Crippen molar-refractivity contribution >= 4 is 32.1 Å². The zero-order chi connectivity index (χ0) is 37.7. The van der Waals surface area contributed by atoms with Gasteiger partial charge >= 0.3 is 12.1 Å². The maximum Gasteiger partial charge on any atom is 0.407 e. The van der Waals surface area contributed by atoms with Gasteiger partial charge < -0.3 is 34.3 Å². The van der Waals surface area contributed by atoms with Gasteiger partial charge in [-0.05, 0) is 60.8 Å². The highest BCUT2D eigenvalue weighted by atomic mass is 32.2. The third-order valence-corrected chi connectivity index (χ3v) is 10.3. The van der Waals surface area contributed by atoms with Gasteiger partial charge in [-0.2, -0.15) is 4.72 Å². The lowest BCUT2D eigenvalue weighted by Crippen LogP contribution is -2.47. The molecule has 0 heterocycles. The first-order chi connectivity index (χ1) is 25.1. The number of likely N-dealkylation sites (N-methyl/N-ethyl adjacent to an activating group) is 1. The van der Waals surface area contributed by atoms with Crippen molar-refractivity contribution in [2.24, 2.45) is 0 Å². The maximum atomic E-state index is 12.8. The molecule has 0 aliphatic carbocycles. The number of nitrogens with one attached hydrogen (secondary N) is 4. The molecule has 3 aromatic carbocycles. The highest BCUT2D eigenvalue weighted by molar-refractivity contribution is 7.89. The van der Waals surface area contributed by atoms with Crippen molar-refractivity contribution in [1.82, 2.24) is 20.1 Å². The third-order valence-electron chi connectivity index (χ3n) is 7.30. The number of sulfonamides is 2. The predicted molar refractivity (Wildman–Crippen MR) is 193 cm³/mol. The largest absolute Gasteiger partial charge is 0.468 e. The first-order valence-electron chi connectivity index (χ1n) is 16.7. The molecule has 4 N–H and O–H groups in total. The molecule has 52 heavy (non-hydrogen) atoms. The Bertz CT molecular complexity index is 1710. The third kappa shape index (κ3) is 15.3. The van der Waals surface area contributed by atoms with Crippen LogP contribution in [0.4, 0.5) is 4.79 Å². The Kier molecular flexibility index (Phi) is 18.7. The van der Waals surface area contributed by atoms with E-state index in [2.05, 4.69) is 24.8 Å². The molecule has 0 saturated carbocycles. The highest BCUT2D eigenvalue weighted by Gasteiger charge is 2.26. The lowest BCUT2D eigenvalue weighted by Gasteiger charge is -2.16. The lowest BCUT2D eigenvalue weighted by atomic mass is 10.1. The van der Waals surface area contributed by atoms with Crippen LogP contribution in [-0.2, 0) is 55.1 Å². The minimum absolute atomic E-state index is 0.0376. The lowest BCUT2D eigenvalue weighted by molar-refractivity contribution is -0.142. The Morgan fingerprint density at radius 1 is 0.673 bits per heavy atom. The fourth-order valence-electron chi connectivity index (χ4n) is 4.57. The number of methoxy groups -OCH3 is 1. The molecule has 0 aliphatic heterocycles. The number of rotatable bonds is 25. The van der Waals surface area contributed by atoms with E-state index in [1.54, 1.807) is 31.3 Å². The van der Waals surface area contributed by atoms with Crippen LogP contribution in [0.1, 0.15) is 18.4 Å². The van der Waals surface area contributed by atoms with Crippen LogP contribution in [0.2, 0.25) is 0 Å². The topological polar surface area (TPSA) is 197 Å². The van der Waals surface area contributed by atoms with Gasteiger partial charge in [-0.3, -0.25) is 4.79 Å². The van der Waals surface area contributed by atoms with E-state index in [1.807, 2.05) is 30.3 Å². The van der Waals surface area contributed by atoms with E-state index in [4.69, 9.17) is 18.9 Å². The van der Waals surface area contributed by atoms with E-state index >= 15 is 0 Å². The molecule has 3 aromatic rings. The van der Waals surface area contributed by atoms with Crippen molar-refractivity contribution < 1.29 is 50.1 Å². The number of ether oxygens (including phenoxy) is 5.